The first-order chi connectivity index (χ1) is 20.8. The van der Waals surface area contributed by atoms with Crippen LogP contribution in [0.3, 0.4) is 0 Å². The minimum atomic E-state index is -4.86. The van der Waals surface area contributed by atoms with E-state index in [9.17, 15) is 37.1 Å². The van der Waals surface area contributed by atoms with E-state index >= 15 is 0 Å². The van der Waals surface area contributed by atoms with Crippen LogP contribution in [0.25, 0.3) is 16.7 Å². The van der Waals surface area contributed by atoms with E-state index < -0.39 is 46.1 Å². The number of halogens is 5. The molecular weight excluding hydrogens is 602 g/mol. The van der Waals surface area contributed by atoms with Gasteiger partial charge in [-0.2, -0.15) is 13.2 Å². The molecule has 3 heterocycles. The number of anilines is 1. The lowest BCUT2D eigenvalue weighted by Gasteiger charge is -2.34. The lowest BCUT2D eigenvalue weighted by Crippen LogP contribution is -2.38. The number of rotatable bonds is 3. The number of benzene rings is 2. The predicted octanol–water partition coefficient (Wildman–Crippen LogP) is 7.76. The Labute approximate surface area is 255 Å². The number of alkyl halides is 3. The average Bonchev–Trinajstić information content (AvgIpc) is 2.98. The summed E-state index contributed by atoms with van der Waals surface area (Å²) in [6.45, 7) is 1.80. The molecule has 0 spiro atoms. The minimum Gasteiger partial charge on any atom is -0.478 e. The Kier molecular flexibility index (Phi) is 8.78. The van der Waals surface area contributed by atoms with Gasteiger partial charge in [0, 0.05) is 41.5 Å². The fraction of sp³-hybridized carbons (Fsp3) is 0.312. The van der Waals surface area contributed by atoms with Gasteiger partial charge in [-0.3, -0.25) is 14.6 Å². The number of fused-ring (bicyclic) bond motifs is 4. The largest absolute Gasteiger partial charge is 0.478 e. The number of amides is 2. The molecule has 0 fully saturated rings. The van der Waals surface area contributed by atoms with E-state index in [1.807, 2.05) is 0 Å². The third-order valence-corrected chi connectivity index (χ3v) is 8.36. The molecule has 7 nitrogen and oxygen atoms in total. The van der Waals surface area contributed by atoms with Crippen molar-refractivity contribution < 1.29 is 37.1 Å². The molecule has 2 atom stereocenters. The molecule has 2 aliphatic heterocycles. The van der Waals surface area contributed by atoms with Crippen LogP contribution in [0.15, 0.2) is 54.7 Å². The second-order valence-corrected chi connectivity index (χ2v) is 11.4. The molecule has 0 saturated carbocycles. The molecule has 0 radical (unpaired) electrons. The maximum Gasteiger partial charge on any atom is 0.417 e. The third-order valence-electron chi connectivity index (χ3n) is 8.07. The summed E-state index contributed by atoms with van der Waals surface area (Å²) in [5, 5.41) is 12.0. The van der Waals surface area contributed by atoms with Crippen LogP contribution in [0.5, 0.6) is 0 Å². The second-order valence-electron chi connectivity index (χ2n) is 11.0. The van der Waals surface area contributed by atoms with Gasteiger partial charge in [0.05, 0.1) is 27.9 Å². The van der Waals surface area contributed by atoms with Crippen LogP contribution in [0.2, 0.25) is 5.02 Å². The van der Waals surface area contributed by atoms with Gasteiger partial charge in [-0.15, -0.1) is 0 Å². The van der Waals surface area contributed by atoms with E-state index in [0.29, 0.717) is 54.3 Å². The number of carboxylic acids is 1. The molecule has 0 saturated heterocycles. The molecule has 2 N–H and O–H groups in total. The van der Waals surface area contributed by atoms with E-state index in [1.165, 1.54) is 29.3 Å². The zero-order chi connectivity index (χ0) is 31.8. The second kappa shape index (κ2) is 12.4. The molecule has 5 rings (SSSR count). The zero-order valence-electron chi connectivity index (χ0n) is 23.5. The smallest absolute Gasteiger partial charge is 0.417 e. The number of aromatic carboxylic acids is 1. The van der Waals surface area contributed by atoms with Gasteiger partial charge in [0.25, 0.3) is 0 Å². The standard InChI is InChI=1S/C32H28ClF4N3O4/c1-17-4-2-3-5-26(25-15-18(10-12-38-25)21-14-20(31(43)44)6-9-24(21)39-30(17)42)40-13-11-19(16-27(40)41)28-22(32(35,36)37)7-8-23(33)29(28)34/h6-10,12,14-17,26H,2-5,11,13H2,1H3,(H,39,42)(H,43,44)/t17-,26+/m1/s1. The minimum absolute atomic E-state index is 0.000680. The number of aromatic nitrogens is 1. The molecule has 44 heavy (non-hydrogen) atoms. The van der Waals surface area contributed by atoms with Crippen LogP contribution < -0.4 is 5.32 Å². The molecule has 2 amide bonds. The molecule has 2 aliphatic rings. The first kappa shape index (κ1) is 31.2. The summed E-state index contributed by atoms with van der Waals surface area (Å²) in [5.74, 6) is -3.54. The highest BCUT2D eigenvalue weighted by Gasteiger charge is 2.38. The fourth-order valence-corrected chi connectivity index (χ4v) is 5.88. The number of carbonyl (C=O) groups is 3. The number of nitrogens with zero attached hydrogens (tertiary/aromatic N) is 2. The summed E-state index contributed by atoms with van der Waals surface area (Å²) in [5.41, 5.74) is -0.102. The van der Waals surface area contributed by atoms with Gasteiger partial charge in [-0.25, -0.2) is 9.18 Å². The highest BCUT2D eigenvalue weighted by atomic mass is 35.5. The van der Waals surface area contributed by atoms with Crippen molar-refractivity contribution in [1.82, 2.24) is 9.88 Å². The topological polar surface area (TPSA) is 99.6 Å². The van der Waals surface area contributed by atoms with Gasteiger partial charge >= 0.3 is 12.1 Å². The molecule has 2 aromatic carbocycles. The van der Waals surface area contributed by atoms with Crippen molar-refractivity contribution in [2.75, 3.05) is 11.9 Å². The molecule has 230 valence electrons. The van der Waals surface area contributed by atoms with Crippen molar-refractivity contribution in [3.05, 3.63) is 88.0 Å². The van der Waals surface area contributed by atoms with Crippen molar-refractivity contribution in [3.63, 3.8) is 0 Å². The predicted molar refractivity (Wildman–Crippen MR) is 156 cm³/mol. The number of hydrogen-bond acceptors (Lipinski definition) is 4. The maximum absolute atomic E-state index is 15.0. The Morgan fingerprint density at radius 2 is 1.84 bits per heavy atom. The summed E-state index contributed by atoms with van der Waals surface area (Å²) < 4.78 is 56.3. The van der Waals surface area contributed by atoms with Crippen molar-refractivity contribution >= 4 is 40.6 Å². The Morgan fingerprint density at radius 1 is 1.09 bits per heavy atom. The van der Waals surface area contributed by atoms with Crippen LogP contribution in [0.1, 0.15) is 72.2 Å². The molecule has 0 aliphatic carbocycles. The number of carboxylic acid groups (broad SMARTS) is 1. The number of pyridine rings is 1. The Bertz CT molecular complexity index is 1670. The number of carbonyl (C=O) groups excluding carboxylic acids is 2. The molecule has 1 aromatic heterocycles. The van der Waals surface area contributed by atoms with Crippen LogP contribution in [0.4, 0.5) is 23.2 Å². The molecular formula is C32H28ClF4N3O4. The van der Waals surface area contributed by atoms with Crippen LogP contribution >= 0.6 is 11.6 Å². The first-order valence-corrected chi connectivity index (χ1v) is 14.4. The summed E-state index contributed by atoms with van der Waals surface area (Å²) in [6, 6.07) is 8.73. The van der Waals surface area contributed by atoms with Gasteiger partial charge < -0.3 is 15.3 Å². The van der Waals surface area contributed by atoms with Gasteiger partial charge in [-0.1, -0.05) is 31.4 Å². The number of nitrogens with one attached hydrogen (secondary N) is 1. The van der Waals surface area contributed by atoms with Crippen LogP contribution in [-0.2, 0) is 15.8 Å². The normalized spacial score (nSPS) is 19.6. The van der Waals surface area contributed by atoms with Crippen LogP contribution in [0, 0.1) is 11.7 Å². The van der Waals surface area contributed by atoms with Crippen molar-refractivity contribution in [2.24, 2.45) is 5.92 Å². The van der Waals surface area contributed by atoms with E-state index in [-0.39, 0.29) is 35.9 Å². The Morgan fingerprint density at radius 3 is 2.55 bits per heavy atom. The monoisotopic (exact) mass is 629 g/mol. The zero-order valence-corrected chi connectivity index (χ0v) is 24.3. The first-order valence-electron chi connectivity index (χ1n) is 14.1. The average molecular weight is 630 g/mol. The van der Waals surface area contributed by atoms with Crippen molar-refractivity contribution in [3.8, 4) is 11.1 Å². The maximum atomic E-state index is 15.0. The molecule has 12 heteroatoms. The van der Waals surface area contributed by atoms with Crippen molar-refractivity contribution in [1.29, 1.82) is 0 Å². The van der Waals surface area contributed by atoms with Gasteiger partial charge in [0.2, 0.25) is 11.8 Å². The van der Waals surface area contributed by atoms with Gasteiger partial charge in [0.15, 0.2) is 0 Å². The summed E-state index contributed by atoms with van der Waals surface area (Å²) >= 11 is 5.83. The van der Waals surface area contributed by atoms with Crippen LogP contribution in [-0.4, -0.2) is 39.3 Å². The van der Waals surface area contributed by atoms with Gasteiger partial charge in [-0.05, 0) is 72.9 Å². The highest BCUT2D eigenvalue weighted by molar-refractivity contribution is 6.31. The van der Waals surface area contributed by atoms with Gasteiger partial charge in [0.1, 0.15) is 5.82 Å². The Hall–Kier alpha value is -4.25. The van der Waals surface area contributed by atoms with E-state index in [0.717, 1.165) is 12.1 Å². The lowest BCUT2D eigenvalue weighted by molar-refractivity contribution is -0.138. The summed E-state index contributed by atoms with van der Waals surface area (Å²) in [7, 11) is 0. The summed E-state index contributed by atoms with van der Waals surface area (Å²) in [6.07, 6.45) is -0.0963. The Balaban J connectivity index is 1.56. The molecule has 2 bridgehead atoms. The fourth-order valence-electron chi connectivity index (χ4n) is 5.72. The SMILES string of the molecule is C[C@@H]1CCCC[C@H](N2CCC(c3c(C(F)(F)F)ccc(Cl)c3F)=CC2=O)c2cc(ccn2)-c2cc(C(=O)O)ccc2NC1=O. The quantitative estimate of drug-likeness (QED) is 0.289. The van der Waals surface area contributed by atoms with E-state index in [1.54, 1.807) is 19.1 Å². The highest BCUT2D eigenvalue weighted by Crippen LogP contribution is 2.42. The third kappa shape index (κ3) is 6.33. The van der Waals surface area contributed by atoms with Crippen molar-refractivity contribution in [2.45, 2.75) is 51.2 Å². The van der Waals surface area contributed by atoms with E-state index in [4.69, 9.17) is 11.6 Å². The summed E-state index contributed by atoms with van der Waals surface area (Å²) in [4.78, 5) is 44.3. The lowest BCUT2D eigenvalue weighted by atomic mass is 9.91. The number of hydrogen-bond donors (Lipinski definition) is 2. The molecule has 0 unspecified atom stereocenters. The van der Waals surface area contributed by atoms with E-state index in [2.05, 4.69) is 10.3 Å². The molecule has 3 aromatic rings.